The van der Waals surface area contributed by atoms with Gasteiger partial charge in [0.25, 0.3) is 5.56 Å². The lowest BCUT2D eigenvalue weighted by atomic mass is 10.1. The van der Waals surface area contributed by atoms with Gasteiger partial charge in [0, 0.05) is 22.8 Å². The van der Waals surface area contributed by atoms with Gasteiger partial charge < -0.3 is 0 Å². The number of halogens is 1. The third kappa shape index (κ3) is 3.06. The predicted octanol–water partition coefficient (Wildman–Crippen LogP) is 3.64. The van der Waals surface area contributed by atoms with Crippen LogP contribution in [0.15, 0.2) is 59.5 Å². The zero-order chi connectivity index (χ0) is 14.5. The summed E-state index contributed by atoms with van der Waals surface area (Å²) in [4.78, 5) is 24.4. The van der Waals surface area contributed by atoms with Gasteiger partial charge in [-0.25, -0.2) is 0 Å². The lowest BCUT2D eigenvalue weighted by molar-refractivity contribution is 0.105. The van der Waals surface area contributed by atoms with Gasteiger partial charge in [-0.3, -0.25) is 14.2 Å². The van der Waals surface area contributed by atoms with Crippen molar-refractivity contribution in [2.75, 3.05) is 0 Å². The molecule has 20 heavy (non-hydrogen) atoms. The highest BCUT2D eigenvalue weighted by Crippen LogP contribution is 2.15. The summed E-state index contributed by atoms with van der Waals surface area (Å²) in [6, 6.07) is 11.4. The number of carbonyl (C=O) groups is 1. The maximum Gasteiger partial charge on any atom is 0.255 e. The molecular formula is C16H14ClNO2. The molecule has 0 fully saturated rings. The van der Waals surface area contributed by atoms with Gasteiger partial charge in [0.2, 0.25) is 5.78 Å². The van der Waals surface area contributed by atoms with Crippen LogP contribution in [0.5, 0.6) is 0 Å². The fourth-order valence-electron chi connectivity index (χ4n) is 1.87. The van der Waals surface area contributed by atoms with E-state index in [0.717, 1.165) is 0 Å². The second-order valence-corrected chi connectivity index (χ2v) is 4.68. The molecule has 0 saturated heterocycles. The highest BCUT2D eigenvalue weighted by molar-refractivity contribution is 6.31. The summed E-state index contributed by atoms with van der Waals surface area (Å²) in [5, 5.41) is 0.569. The van der Waals surface area contributed by atoms with Crippen LogP contribution in [-0.2, 0) is 0 Å². The molecule has 0 atom stereocenters. The first-order chi connectivity index (χ1) is 9.63. The van der Waals surface area contributed by atoms with Crippen LogP contribution in [0.4, 0.5) is 0 Å². The Kier molecular flexibility index (Phi) is 4.53. The highest BCUT2D eigenvalue weighted by Gasteiger charge is 2.14. The molecule has 2 rings (SSSR count). The number of hydrogen-bond donors (Lipinski definition) is 0. The lowest BCUT2D eigenvalue weighted by Gasteiger charge is -2.09. The summed E-state index contributed by atoms with van der Waals surface area (Å²) in [7, 11) is 0. The van der Waals surface area contributed by atoms with Crippen molar-refractivity contribution in [2.45, 2.75) is 13.3 Å². The fraction of sp³-hybridized carbons (Fsp3) is 0.125. The Bertz CT molecular complexity index is 699. The first-order valence-electron chi connectivity index (χ1n) is 6.32. The zero-order valence-corrected chi connectivity index (χ0v) is 11.8. The monoisotopic (exact) mass is 287 g/mol. The van der Waals surface area contributed by atoms with Gasteiger partial charge in [-0.15, -0.1) is 0 Å². The minimum Gasteiger partial charge on any atom is -0.287 e. The van der Waals surface area contributed by atoms with E-state index in [9.17, 15) is 9.59 Å². The molecule has 1 heterocycles. The lowest BCUT2D eigenvalue weighted by Crippen LogP contribution is -2.21. The summed E-state index contributed by atoms with van der Waals surface area (Å²) in [6.07, 6.45) is 4.01. The van der Waals surface area contributed by atoms with Crippen LogP contribution in [-0.4, -0.2) is 10.4 Å². The third-order valence-corrected chi connectivity index (χ3v) is 3.07. The molecule has 0 aliphatic carbocycles. The first-order valence-corrected chi connectivity index (χ1v) is 6.69. The third-order valence-electron chi connectivity index (χ3n) is 2.82. The van der Waals surface area contributed by atoms with E-state index in [1.807, 2.05) is 6.92 Å². The van der Waals surface area contributed by atoms with Crippen LogP contribution in [0.1, 0.15) is 23.7 Å². The second-order valence-electron chi connectivity index (χ2n) is 4.24. The van der Waals surface area contributed by atoms with Gasteiger partial charge >= 0.3 is 0 Å². The Labute approximate surface area is 122 Å². The summed E-state index contributed by atoms with van der Waals surface area (Å²) in [5.74, 6) is -0.197. The van der Waals surface area contributed by atoms with Crippen molar-refractivity contribution < 1.29 is 4.79 Å². The van der Waals surface area contributed by atoms with E-state index < -0.39 is 0 Å². The normalized spacial score (nSPS) is 11.4. The van der Waals surface area contributed by atoms with Crippen molar-refractivity contribution >= 4 is 23.1 Å². The predicted molar refractivity (Wildman–Crippen MR) is 81.0 cm³/mol. The number of allylic oxidation sites excluding steroid dienone is 2. The Balaban J connectivity index is 2.47. The van der Waals surface area contributed by atoms with E-state index in [1.165, 1.54) is 10.6 Å². The Morgan fingerprint density at radius 2 is 1.90 bits per heavy atom. The molecule has 0 N–H and O–H groups in total. The van der Waals surface area contributed by atoms with Crippen molar-refractivity contribution in [2.24, 2.45) is 0 Å². The summed E-state index contributed by atoms with van der Waals surface area (Å²) >= 11 is 5.82. The van der Waals surface area contributed by atoms with Crippen LogP contribution in [0.25, 0.3) is 5.70 Å². The molecule has 0 aliphatic rings. The average Bonchev–Trinajstić information content (AvgIpc) is 2.46. The number of hydrogen-bond acceptors (Lipinski definition) is 2. The first kappa shape index (κ1) is 14.3. The summed E-state index contributed by atoms with van der Waals surface area (Å²) in [6.45, 7) is 1.92. The van der Waals surface area contributed by atoms with E-state index in [-0.39, 0.29) is 11.3 Å². The van der Waals surface area contributed by atoms with Gasteiger partial charge in [-0.05, 0) is 36.8 Å². The number of Topliss-reactive ketones (excluding diaryl/α,β-unsaturated/α-hetero) is 1. The van der Waals surface area contributed by atoms with Crippen LogP contribution in [0.2, 0.25) is 5.02 Å². The molecular weight excluding hydrogens is 274 g/mol. The van der Waals surface area contributed by atoms with Crippen molar-refractivity contribution in [3.05, 3.63) is 75.7 Å². The second kappa shape index (κ2) is 6.35. The average molecular weight is 288 g/mol. The van der Waals surface area contributed by atoms with E-state index in [0.29, 0.717) is 22.7 Å². The van der Waals surface area contributed by atoms with Gasteiger partial charge in [0.05, 0.1) is 5.70 Å². The molecule has 0 amide bonds. The van der Waals surface area contributed by atoms with Gasteiger partial charge in [-0.1, -0.05) is 30.7 Å². The van der Waals surface area contributed by atoms with E-state index >= 15 is 0 Å². The van der Waals surface area contributed by atoms with Crippen molar-refractivity contribution in [3.8, 4) is 0 Å². The maximum atomic E-state index is 12.5. The zero-order valence-electron chi connectivity index (χ0n) is 11.0. The molecule has 0 saturated carbocycles. The SMILES string of the molecule is CC/C=C(\C(=O)c1ccc(Cl)cc1)n1ccccc1=O. The van der Waals surface area contributed by atoms with Gasteiger partial charge in [-0.2, -0.15) is 0 Å². The number of aromatic nitrogens is 1. The van der Waals surface area contributed by atoms with E-state index in [2.05, 4.69) is 0 Å². The number of carbonyl (C=O) groups excluding carboxylic acids is 1. The number of nitrogens with zero attached hydrogens (tertiary/aromatic N) is 1. The summed E-state index contributed by atoms with van der Waals surface area (Å²) in [5.41, 5.74) is 0.639. The van der Waals surface area contributed by atoms with Gasteiger partial charge in [0.15, 0.2) is 0 Å². The molecule has 0 spiro atoms. The Hall–Kier alpha value is -2.13. The quantitative estimate of drug-likeness (QED) is 0.636. The molecule has 0 radical (unpaired) electrons. The van der Waals surface area contributed by atoms with Crippen LogP contribution < -0.4 is 5.56 Å². The van der Waals surface area contributed by atoms with Crippen LogP contribution >= 0.6 is 11.6 Å². The Morgan fingerprint density at radius 3 is 2.50 bits per heavy atom. The molecule has 0 aliphatic heterocycles. The molecule has 4 heteroatoms. The molecule has 0 bridgehead atoms. The molecule has 1 aromatic carbocycles. The maximum absolute atomic E-state index is 12.5. The molecule has 0 unspecified atom stereocenters. The van der Waals surface area contributed by atoms with Gasteiger partial charge in [0.1, 0.15) is 0 Å². The van der Waals surface area contributed by atoms with E-state index in [4.69, 9.17) is 11.6 Å². The number of ketones is 1. The minimum atomic E-state index is -0.227. The van der Waals surface area contributed by atoms with Crippen LogP contribution in [0, 0.1) is 0 Å². The van der Waals surface area contributed by atoms with Crippen molar-refractivity contribution in [3.63, 3.8) is 0 Å². The molecule has 102 valence electrons. The summed E-state index contributed by atoms with van der Waals surface area (Å²) < 4.78 is 1.36. The highest BCUT2D eigenvalue weighted by atomic mass is 35.5. The standard InChI is InChI=1S/C16H14ClNO2/c1-2-5-14(18-11-4-3-6-15(18)19)16(20)12-7-9-13(17)10-8-12/h3-11H,2H2,1H3/b14-5+. The molecule has 1 aromatic heterocycles. The van der Waals surface area contributed by atoms with Crippen molar-refractivity contribution in [1.29, 1.82) is 0 Å². The minimum absolute atomic E-state index is 0.197. The largest absolute Gasteiger partial charge is 0.287 e. The van der Waals surface area contributed by atoms with E-state index in [1.54, 1.807) is 48.7 Å². The Morgan fingerprint density at radius 1 is 1.20 bits per heavy atom. The number of pyridine rings is 1. The van der Waals surface area contributed by atoms with Crippen LogP contribution in [0.3, 0.4) is 0 Å². The number of benzene rings is 1. The van der Waals surface area contributed by atoms with Crippen molar-refractivity contribution in [1.82, 2.24) is 4.57 Å². The molecule has 2 aromatic rings. The topological polar surface area (TPSA) is 39.1 Å². The smallest absolute Gasteiger partial charge is 0.255 e. The molecule has 3 nitrogen and oxygen atoms in total. The number of rotatable bonds is 4. The fourth-order valence-corrected chi connectivity index (χ4v) is 2.00.